The van der Waals surface area contributed by atoms with E-state index >= 15 is 0 Å². The molecule has 1 amide bonds. The largest absolute Gasteiger partial charge is 0.497 e. The number of halogens is 1. The monoisotopic (exact) mass is 369 g/mol. The van der Waals surface area contributed by atoms with Crippen LogP contribution in [0.4, 0.5) is 0 Å². The van der Waals surface area contributed by atoms with Crippen molar-refractivity contribution >= 4 is 18.3 Å². The van der Waals surface area contributed by atoms with E-state index in [4.69, 9.17) is 4.74 Å². The van der Waals surface area contributed by atoms with Gasteiger partial charge in [0.1, 0.15) is 5.75 Å². The topological polar surface area (TPSA) is 44.8 Å². The van der Waals surface area contributed by atoms with Crippen LogP contribution in [0.25, 0.3) is 0 Å². The van der Waals surface area contributed by atoms with Gasteiger partial charge in [-0.2, -0.15) is 0 Å². The number of methoxy groups -OCH3 is 1. The van der Waals surface area contributed by atoms with Gasteiger partial charge in [-0.05, 0) is 69.6 Å². The quantitative estimate of drug-likeness (QED) is 0.764. The summed E-state index contributed by atoms with van der Waals surface area (Å²) in [6.45, 7) is 4.34. The molecular weight excluding hydrogens is 338 g/mol. The van der Waals surface area contributed by atoms with Crippen LogP contribution in [-0.2, 0) is 11.3 Å². The van der Waals surface area contributed by atoms with Crippen LogP contribution in [0.1, 0.15) is 24.8 Å². The molecule has 1 N–H and O–H groups in total. The summed E-state index contributed by atoms with van der Waals surface area (Å²) in [5, 5.41) is 3.22. The minimum atomic E-state index is 0. The van der Waals surface area contributed by atoms with Gasteiger partial charge in [0.05, 0.1) is 13.7 Å². The van der Waals surface area contributed by atoms with E-state index in [2.05, 4.69) is 10.2 Å². The summed E-state index contributed by atoms with van der Waals surface area (Å²) in [5.74, 6) is 1.84. The molecule has 0 saturated carbocycles. The average Bonchev–Trinajstić information content (AvgIpc) is 2.61. The molecule has 0 radical (unpaired) electrons. The number of likely N-dealkylation sites (N-methyl/N-ethyl adjacent to an activating group) is 1. The van der Waals surface area contributed by atoms with Crippen LogP contribution < -0.4 is 10.1 Å². The molecule has 0 unspecified atom stereocenters. The second-order valence-electron chi connectivity index (χ2n) is 6.71. The molecule has 25 heavy (non-hydrogen) atoms. The molecular formula is C19H32ClN3O2. The van der Waals surface area contributed by atoms with E-state index in [-0.39, 0.29) is 18.3 Å². The van der Waals surface area contributed by atoms with Crippen molar-refractivity contribution in [3.8, 4) is 5.75 Å². The number of benzene rings is 1. The highest BCUT2D eigenvalue weighted by Crippen LogP contribution is 2.20. The van der Waals surface area contributed by atoms with E-state index in [1.165, 1.54) is 19.3 Å². The van der Waals surface area contributed by atoms with Crippen LogP contribution >= 0.6 is 12.4 Å². The Morgan fingerprint density at radius 2 is 1.92 bits per heavy atom. The van der Waals surface area contributed by atoms with Crippen molar-refractivity contribution < 1.29 is 9.53 Å². The zero-order valence-electron chi connectivity index (χ0n) is 15.7. The number of amides is 1. The van der Waals surface area contributed by atoms with Crippen molar-refractivity contribution in [2.75, 3.05) is 47.4 Å². The standard InChI is InChI=1S/C19H31N3O2.ClH/c1-20-11-8-16-9-12-22(13-10-16)15-19(23)21(2)14-17-4-6-18(24-3)7-5-17;/h4-7,16,20H,8-15H2,1-3H3;1H. The molecule has 1 fully saturated rings. The number of hydrogen-bond donors (Lipinski definition) is 1. The molecule has 1 heterocycles. The van der Waals surface area contributed by atoms with Crippen LogP contribution in [0.15, 0.2) is 24.3 Å². The summed E-state index contributed by atoms with van der Waals surface area (Å²) in [4.78, 5) is 16.6. The Morgan fingerprint density at radius 3 is 2.48 bits per heavy atom. The first kappa shape index (κ1) is 21.7. The number of likely N-dealkylation sites (tertiary alicyclic amines) is 1. The van der Waals surface area contributed by atoms with E-state index < -0.39 is 0 Å². The van der Waals surface area contributed by atoms with Crippen molar-refractivity contribution in [2.45, 2.75) is 25.8 Å². The van der Waals surface area contributed by atoms with Crippen molar-refractivity contribution in [2.24, 2.45) is 5.92 Å². The normalized spacial score (nSPS) is 15.5. The summed E-state index contributed by atoms with van der Waals surface area (Å²) in [7, 11) is 5.55. The summed E-state index contributed by atoms with van der Waals surface area (Å²) in [5.41, 5.74) is 1.12. The lowest BCUT2D eigenvalue weighted by atomic mass is 9.93. The Morgan fingerprint density at radius 1 is 1.28 bits per heavy atom. The Hall–Kier alpha value is -1.30. The van der Waals surface area contributed by atoms with Gasteiger partial charge in [0.2, 0.25) is 5.91 Å². The maximum Gasteiger partial charge on any atom is 0.236 e. The summed E-state index contributed by atoms with van der Waals surface area (Å²) in [6, 6.07) is 7.89. The molecule has 0 bridgehead atoms. The lowest BCUT2D eigenvalue weighted by molar-refractivity contribution is -0.132. The summed E-state index contributed by atoms with van der Waals surface area (Å²) < 4.78 is 5.16. The number of hydrogen-bond acceptors (Lipinski definition) is 4. The minimum absolute atomic E-state index is 0. The molecule has 6 heteroatoms. The number of nitrogens with one attached hydrogen (secondary N) is 1. The number of ether oxygens (including phenoxy) is 1. The van der Waals surface area contributed by atoms with E-state index in [1.807, 2.05) is 43.3 Å². The number of nitrogens with zero attached hydrogens (tertiary/aromatic N) is 2. The summed E-state index contributed by atoms with van der Waals surface area (Å²) in [6.07, 6.45) is 3.66. The fourth-order valence-corrected chi connectivity index (χ4v) is 3.19. The van der Waals surface area contributed by atoms with Crippen LogP contribution in [0.5, 0.6) is 5.75 Å². The third-order valence-corrected chi connectivity index (χ3v) is 4.87. The van der Waals surface area contributed by atoms with Crippen LogP contribution in [-0.4, -0.2) is 63.1 Å². The van der Waals surface area contributed by atoms with Gasteiger partial charge in [-0.15, -0.1) is 12.4 Å². The molecule has 0 aliphatic carbocycles. The van der Waals surface area contributed by atoms with Crippen molar-refractivity contribution in [1.29, 1.82) is 0 Å². The fraction of sp³-hybridized carbons (Fsp3) is 0.632. The highest BCUT2D eigenvalue weighted by Gasteiger charge is 2.21. The van der Waals surface area contributed by atoms with Gasteiger partial charge in [0, 0.05) is 13.6 Å². The first-order valence-corrected chi connectivity index (χ1v) is 8.86. The van der Waals surface area contributed by atoms with Gasteiger partial charge >= 0.3 is 0 Å². The molecule has 1 aromatic rings. The number of carbonyl (C=O) groups is 1. The molecule has 1 aromatic carbocycles. The molecule has 5 nitrogen and oxygen atoms in total. The highest BCUT2D eigenvalue weighted by atomic mass is 35.5. The molecule has 1 saturated heterocycles. The van der Waals surface area contributed by atoms with Gasteiger partial charge < -0.3 is 15.0 Å². The van der Waals surface area contributed by atoms with E-state index in [1.54, 1.807) is 7.11 Å². The van der Waals surface area contributed by atoms with E-state index in [0.717, 1.165) is 36.9 Å². The Kier molecular flexibility index (Phi) is 9.86. The predicted octanol–water partition coefficient (Wildman–Crippen LogP) is 2.40. The predicted molar refractivity (Wildman–Crippen MR) is 104 cm³/mol. The maximum atomic E-state index is 12.4. The molecule has 0 spiro atoms. The van der Waals surface area contributed by atoms with Gasteiger partial charge in [0.15, 0.2) is 0 Å². The van der Waals surface area contributed by atoms with Crippen molar-refractivity contribution in [3.05, 3.63) is 29.8 Å². The third kappa shape index (κ3) is 7.22. The van der Waals surface area contributed by atoms with Gasteiger partial charge in [-0.25, -0.2) is 0 Å². The van der Waals surface area contributed by atoms with Gasteiger partial charge in [-0.3, -0.25) is 9.69 Å². The number of carbonyl (C=O) groups excluding carboxylic acids is 1. The molecule has 1 aliphatic heterocycles. The molecule has 0 aromatic heterocycles. The lowest BCUT2D eigenvalue weighted by Gasteiger charge is -2.32. The van der Waals surface area contributed by atoms with Gasteiger partial charge in [0.25, 0.3) is 0 Å². The van der Waals surface area contributed by atoms with Crippen molar-refractivity contribution in [3.63, 3.8) is 0 Å². The van der Waals surface area contributed by atoms with E-state index in [9.17, 15) is 4.79 Å². The lowest BCUT2D eigenvalue weighted by Crippen LogP contribution is -2.42. The first-order valence-electron chi connectivity index (χ1n) is 8.86. The molecule has 142 valence electrons. The Bertz CT molecular complexity index is 502. The Labute approximate surface area is 158 Å². The number of piperidine rings is 1. The van der Waals surface area contributed by atoms with Crippen molar-refractivity contribution in [1.82, 2.24) is 15.1 Å². The average molecular weight is 370 g/mol. The van der Waals surface area contributed by atoms with E-state index in [0.29, 0.717) is 13.1 Å². The van der Waals surface area contributed by atoms with Crippen LogP contribution in [0.3, 0.4) is 0 Å². The zero-order valence-corrected chi connectivity index (χ0v) is 16.5. The second kappa shape index (κ2) is 11.3. The first-order chi connectivity index (χ1) is 11.6. The van der Waals surface area contributed by atoms with Crippen LogP contribution in [0, 0.1) is 5.92 Å². The van der Waals surface area contributed by atoms with Crippen LogP contribution in [0.2, 0.25) is 0 Å². The SMILES string of the molecule is CNCCC1CCN(CC(=O)N(C)Cc2ccc(OC)cc2)CC1.Cl. The third-order valence-electron chi connectivity index (χ3n) is 4.87. The smallest absolute Gasteiger partial charge is 0.236 e. The Balaban J connectivity index is 0.00000312. The minimum Gasteiger partial charge on any atom is -0.497 e. The highest BCUT2D eigenvalue weighted by molar-refractivity contribution is 5.85. The molecule has 2 rings (SSSR count). The maximum absolute atomic E-state index is 12.4. The second-order valence-corrected chi connectivity index (χ2v) is 6.71. The zero-order chi connectivity index (χ0) is 17.4. The fourth-order valence-electron chi connectivity index (χ4n) is 3.19. The number of rotatable bonds is 8. The summed E-state index contributed by atoms with van der Waals surface area (Å²) >= 11 is 0. The molecule has 0 atom stereocenters. The van der Waals surface area contributed by atoms with Gasteiger partial charge in [-0.1, -0.05) is 12.1 Å². The molecule has 1 aliphatic rings.